The normalized spacial score (nSPS) is 20.8. The first-order chi connectivity index (χ1) is 23.0. The maximum absolute atomic E-state index is 13.9. The van der Waals surface area contributed by atoms with Crippen LogP contribution in [0, 0.1) is 17.8 Å². The molecule has 0 bridgehead atoms. The van der Waals surface area contributed by atoms with Crippen LogP contribution in [0.1, 0.15) is 52.5 Å². The molecule has 3 heterocycles. The summed E-state index contributed by atoms with van der Waals surface area (Å²) in [5.41, 5.74) is 1.91. The molecular formula is C34H40F3N6O4Si. The fourth-order valence-corrected chi connectivity index (χ4v) is 6.74. The summed E-state index contributed by atoms with van der Waals surface area (Å²) in [6, 6.07) is 8.28. The van der Waals surface area contributed by atoms with E-state index in [4.69, 9.17) is 9.47 Å². The number of amides is 2. The number of hydrogen-bond donors (Lipinski definition) is 3. The number of alkyl halides is 3. The van der Waals surface area contributed by atoms with E-state index >= 15 is 0 Å². The molecule has 0 aliphatic carbocycles. The third kappa shape index (κ3) is 8.50. The number of nitrogens with one attached hydrogen (secondary N) is 3. The van der Waals surface area contributed by atoms with Gasteiger partial charge in [0, 0.05) is 66.8 Å². The lowest BCUT2D eigenvalue weighted by Gasteiger charge is -2.34. The van der Waals surface area contributed by atoms with Crippen LogP contribution >= 0.6 is 0 Å². The third-order valence-corrected chi connectivity index (χ3v) is 9.90. The zero-order valence-corrected chi connectivity index (χ0v) is 28.2. The number of rotatable bonds is 8. The van der Waals surface area contributed by atoms with Crippen LogP contribution in [-0.2, 0) is 11.3 Å². The quantitative estimate of drug-likeness (QED) is 0.244. The lowest BCUT2D eigenvalue weighted by molar-refractivity contribution is -0.140. The molecule has 48 heavy (non-hydrogen) atoms. The molecule has 5 rings (SSSR count). The number of carbonyl (C=O) groups is 2. The van der Waals surface area contributed by atoms with Gasteiger partial charge in [0.15, 0.2) is 0 Å². The van der Waals surface area contributed by atoms with Crippen molar-refractivity contribution in [1.82, 2.24) is 25.1 Å². The number of ether oxygens (including phenoxy) is 2. The van der Waals surface area contributed by atoms with Crippen LogP contribution in [0.25, 0.3) is 11.0 Å². The summed E-state index contributed by atoms with van der Waals surface area (Å²) in [4.78, 5) is 32.6. The molecular weight excluding hydrogens is 641 g/mol. The minimum Gasteiger partial charge on any atom is -0.495 e. The highest BCUT2D eigenvalue weighted by molar-refractivity contribution is 6.13. The Balaban J connectivity index is 1.37. The molecule has 2 saturated heterocycles. The van der Waals surface area contributed by atoms with Gasteiger partial charge in [-0.3, -0.25) is 14.5 Å². The van der Waals surface area contributed by atoms with Crippen LogP contribution in [-0.4, -0.2) is 102 Å². The Hall–Kier alpha value is -4.06. The summed E-state index contributed by atoms with van der Waals surface area (Å²) in [6.45, 7) is 4.27. The molecule has 2 aliphatic heterocycles. The van der Waals surface area contributed by atoms with Crippen molar-refractivity contribution in [3.05, 3.63) is 53.3 Å². The van der Waals surface area contributed by atoms with Crippen LogP contribution < -0.4 is 20.7 Å². The molecule has 3 aromatic rings. The van der Waals surface area contributed by atoms with Gasteiger partial charge in [-0.15, -0.1) is 0 Å². The van der Waals surface area contributed by atoms with Gasteiger partial charge in [-0.05, 0) is 61.1 Å². The smallest absolute Gasteiger partial charge is 0.406 e. The van der Waals surface area contributed by atoms with Gasteiger partial charge in [0.2, 0.25) is 0 Å². The molecule has 255 valence electrons. The Morgan fingerprint density at radius 2 is 1.92 bits per heavy atom. The van der Waals surface area contributed by atoms with Crippen LogP contribution in [0.15, 0.2) is 36.7 Å². The van der Waals surface area contributed by atoms with E-state index in [0.29, 0.717) is 35.0 Å². The standard InChI is InChI=1S/C34H40F3N6O4Si/c1-21-18-42(24-9-13-47-14-10-24)12-8-27(31(21)48)41-33(45)25-15-22(16-28-30(25)40-20-43(28)19-34(35,36)37)5-4-11-39-26-7-6-23(32(44)38-2)17-29(26)46-3/h6-7,15-17,20-21,24,27,31,39H,8-14,18-19H2,1-3H3,(H,38,44)(H,41,45)/t21-,27?,31?/m0/s1. The first-order valence-corrected chi connectivity index (χ1v) is 16.6. The predicted octanol–water partition coefficient (Wildman–Crippen LogP) is 4.01. The number of imidazole rings is 1. The highest BCUT2D eigenvalue weighted by Crippen LogP contribution is 2.31. The fraction of sp³-hybridized carbons (Fsp3) is 0.500. The van der Waals surface area contributed by atoms with E-state index in [9.17, 15) is 22.8 Å². The van der Waals surface area contributed by atoms with Gasteiger partial charge in [-0.25, -0.2) is 4.98 Å². The van der Waals surface area contributed by atoms with E-state index in [1.807, 2.05) is 0 Å². The number of nitrogens with zero attached hydrogens (tertiary/aromatic N) is 3. The molecule has 14 heteroatoms. The molecule has 2 fully saturated rings. The molecule has 3 radical (unpaired) electrons. The number of anilines is 1. The summed E-state index contributed by atoms with van der Waals surface area (Å²) in [6.07, 6.45) is -0.699. The summed E-state index contributed by atoms with van der Waals surface area (Å²) < 4.78 is 52.3. The predicted molar refractivity (Wildman–Crippen MR) is 177 cm³/mol. The average molecular weight is 682 g/mol. The highest BCUT2D eigenvalue weighted by atomic mass is 28.1. The second-order valence-electron chi connectivity index (χ2n) is 12.2. The highest BCUT2D eigenvalue weighted by Gasteiger charge is 2.34. The molecule has 3 N–H and O–H groups in total. The number of fused-ring (bicyclic) bond motifs is 1. The second-order valence-corrected chi connectivity index (χ2v) is 12.9. The molecule has 2 aliphatic rings. The molecule has 2 unspecified atom stereocenters. The number of likely N-dealkylation sites (tertiary alicyclic amines) is 1. The summed E-state index contributed by atoms with van der Waals surface area (Å²) >= 11 is 0. The van der Waals surface area contributed by atoms with Gasteiger partial charge in [0.1, 0.15) is 17.8 Å². The number of hydrogen-bond acceptors (Lipinski definition) is 7. The Labute approximate surface area is 281 Å². The van der Waals surface area contributed by atoms with Gasteiger partial charge < -0.3 is 30.0 Å². The molecule has 2 amide bonds. The molecule has 1 aromatic heterocycles. The van der Waals surface area contributed by atoms with Crippen LogP contribution in [0.5, 0.6) is 5.75 Å². The van der Waals surface area contributed by atoms with Crippen molar-refractivity contribution in [2.45, 2.75) is 56.5 Å². The van der Waals surface area contributed by atoms with Gasteiger partial charge >= 0.3 is 6.18 Å². The van der Waals surface area contributed by atoms with Crippen molar-refractivity contribution in [2.75, 3.05) is 52.3 Å². The largest absolute Gasteiger partial charge is 0.495 e. The topological polar surface area (TPSA) is 110 Å². The van der Waals surface area contributed by atoms with Gasteiger partial charge in [-0.2, -0.15) is 13.2 Å². The van der Waals surface area contributed by atoms with E-state index in [2.05, 4.69) is 54.8 Å². The van der Waals surface area contributed by atoms with Crippen molar-refractivity contribution in [3.63, 3.8) is 0 Å². The van der Waals surface area contributed by atoms with Crippen molar-refractivity contribution in [2.24, 2.45) is 5.92 Å². The maximum Gasteiger partial charge on any atom is 0.406 e. The van der Waals surface area contributed by atoms with E-state index in [-0.39, 0.29) is 46.5 Å². The summed E-state index contributed by atoms with van der Waals surface area (Å²) in [5.74, 6) is 5.98. The number of methoxy groups -OCH3 is 1. The molecule has 0 spiro atoms. The Morgan fingerprint density at radius 3 is 2.62 bits per heavy atom. The van der Waals surface area contributed by atoms with E-state index < -0.39 is 18.6 Å². The van der Waals surface area contributed by atoms with Crippen LogP contribution in [0.2, 0.25) is 5.54 Å². The molecule has 3 atom stereocenters. The van der Waals surface area contributed by atoms with Gasteiger partial charge in [0.05, 0.1) is 36.7 Å². The number of benzene rings is 2. The molecule has 2 aromatic carbocycles. The van der Waals surface area contributed by atoms with Crippen molar-refractivity contribution in [1.29, 1.82) is 0 Å². The summed E-state index contributed by atoms with van der Waals surface area (Å²) in [5, 5.41) is 8.86. The lowest BCUT2D eigenvalue weighted by atomic mass is 9.99. The monoisotopic (exact) mass is 681 g/mol. The fourth-order valence-electron chi connectivity index (χ4n) is 6.38. The van der Waals surface area contributed by atoms with E-state index in [1.54, 1.807) is 24.3 Å². The number of aromatic nitrogens is 2. The lowest BCUT2D eigenvalue weighted by Crippen LogP contribution is -2.41. The SMILES string of the molecule is CNC(=O)c1ccc(NCC#Cc2cc(C(=O)NC3CCN(C4CCOCC4)C[C@H](C)C3[Si])c3ncn(CC(F)(F)F)c3c2)c(OC)c1. The van der Waals surface area contributed by atoms with Crippen molar-refractivity contribution >= 4 is 38.8 Å². The van der Waals surface area contributed by atoms with Gasteiger partial charge in [0.25, 0.3) is 11.8 Å². The molecule has 0 saturated carbocycles. The zero-order chi connectivity index (χ0) is 34.4. The molecule has 10 nitrogen and oxygen atoms in total. The van der Waals surface area contributed by atoms with Crippen molar-refractivity contribution < 1.29 is 32.2 Å². The minimum absolute atomic E-state index is 0.00599. The van der Waals surface area contributed by atoms with E-state index in [0.717, 1.165) is 50.0 Å². The maximum atomic E-state index is 13.9. The number of halogens is 3. The van der Waals surface area contributed by atoms with Crippen LogP contribution in [0.4, 0.5) is 18.9 Å². The second kappa shape index (κ2) is 15.4. The van der Waals surface area contributed by atoms with Gasteiger partial charge in [-0.1, -0.05) is 18.8 Å². The number of carbonyl (C=O) groups excluding carboxylic acids is 2. The Kier molecular flexibility index (Phi) is 11.3. The Bertz CT molecular complexity index is 1680. The van der Waals surface area contributed by atoms with Crippen molar-refractivity contribution in [3.8, 4) is 17.6 Å². The minimum atomic E-state index is -4.48. The first kappa shape index (κ1) is 35.2. The summed E-state index contributed by atoms with van der Waals surface area (Å²) in [7, 11) is 6.93. The first-order valence-electron chi connectivity index (χ1n) is 16.0. The average Bonchev–Trinajstić information content (AvgIpc) is 3.41. The van der Waals surface area contributed by atoms with E-state index in [1.165, 1.54) is 20.2 Å². The zero-order valence-electron chi connectivity index (χ0n) is 27.2. The Morgan fingerprint density at radius 1 is 1.15 bits per heavy atom. The van der Waals surface area contributed by atoms with Crippen LogP contribution in [0.3, 0.4) is 0 Å². The third-order valence-electron chi connectivity index (χ3n) is 8.93.